The third-order valence-corrected chi connectivity index (χ3v) is 5.06. The molecule has 4 aromatic rings. The third kappa shape index (κ3) is 3.75. The molecule has 4 rings (SSSR count). The number of H-pyrrole nitrogens is 1. The van der Waals surface area contributed by atoms with Gasteiger partial charge in [0.25, 0.3) is 11.5 Å². The van der Waals surface area contributed by atoms with E-state index >= 15 is 0 Å². The van der Waals surface area contributed by atoms with Crippen LogP contribution in [0.15, 0.2) is 59.8 Å². The number of carbonyl (C=O) groups excluding carboxylic acids is 1. The molecule has 4 aromatic heterocycles. The zero-order chi connectivity index (χ0) is 18.6. The molecule has 0 radical (unpaired) electrons. The number of pyridine rings is 2. The Labute approximate surface area is 158 Å². The van der Waals surface area contributed by atoms with Crippen molar-refractivity contribution in [1.29, 1.82) is 0 Å². The van der Waals surface area contributed by atoms with E-state index in [1.54, 1.807) is 36.8 Å². The van der Waals surface area contributed by atoms with E-state index in [4.69, 9.17) is 0 Å². The number of hydrogen-bond donors (Lipinski definition) is 2. The van der Waals surface area contributed by atoms with Crippen molar-refractivity contribution in [3.05, 3.63) is 75.8 Å². The van der Waals surface area contributed by atoms with Crippen LogP contribution in [0.1, 0.15) is 15.2 Å². The standard InChI is InChI=1S/C19H15N5O2S/c25-18(22-9-6-12-4-3-7-20-11-12)15-10-14-16(27-15)19(26)24-17(23-14)13-5-1-2-8-21-13/h1-5,7-8,10-11H,6,9H2,(H,22,25)(H,23,24,26). The van der Waals surface area contributed by atoms with Gasteiger partial charge < -0.3 is 10.3 Å². The molecule has 0 aliphatic heterocycles. The first-order chi connectivity index (χ1) is 13.2. The third-order valence-electron chi connectivity index (χ3n) is 3.94. The van der Waals surface area contributed by atoms with E-state index in [9.17, 15) is 9.59 Å². The maximum atomic E-state index is 12.4. The summed E-state index contributed by atoms with van der Waals surface area (Å²) in [4.78, 5) is 40.6. The SMILES string of the molecule is O=C(NCCc1cccnc1)c1cc2nc(-c3ccccn3)[nH]c(=O)c2s1. The summed E-state index contributed by atoms with van der Waals surface area (Å²) in [5, 5.41) is 2.87. The van der Waals surface area contributed by atoms with Gasteiger partial charge in [-0.2, -0.15) is 0 Å². The number of aromatic amines is 1. The molecule has 7 nitrogen and oxygen atoms in total. The number of nitrogens with zero attached hydrogens (tertiary/aromatic N) is 3. The minimum Gasteiger partial charge on any atom is -0.351 e. The van der Waals surface area contributed by atoms with Gasteiger partial charge in [-0.1, -0.05) is 12.1 Å². The van der Waals surface area contributed by atoms with Crippen LogP contribution in [0.25, 0.3) is 21.7 Å². The molecule has 1 amide bonds. The first-order valence-electron chi connectivity index (χ1n) is 8.33. The van der Waals surface area contributed by atoms with Gasteiger partial charge in [0.1, 0.15) is 10.4 Å². The van der Waals surface area contributed by atoms with Crippen LogP contribution in [0.5, 0.6) is 0 Å². The lowest BCUT2D eigenvalue weighted by Crippen LogP contribution is -2.24. The summed E-state index contributed by atoms with van der Waals surface area (Å²) in [6, 6.07) is 10.8. The average molecular weight is 377 g/mol. The number of hydrogen-bond acceptors (Lipinski definition) is 6. The second-order valence-electron chi connectivity index (χ2n) is 5.82. The van der Waals surface area contributed by atoms with Gasteiger partial charge in [0.15, 0.2) is 5.82 Å². The van der Waals surface area contributed by atoms with Crippen molar-refractivity contribution in [1.82, 2.24) is 25.3 Å². The molecule has 0 aromatic carbocycles. The van der Waals surface area contributed by atoms with E-state index in [2.05, 4.69) is 25.3 Å². The number of fused-ring (bicyclic) bond motifs is 1. The van der Waals surface area contributed by atoms with Crippen molar-refractivity contribution >= 4 is 27.5 Å². The van der Waals surface area contributed by atoms with Crippen molar-refractivity contribution in [2.24, 2.45) is 0 Å². The summed E-state index contributed by atoms with van der Waals surface area (Å²) in [6.45, 7) is 0.488. The highest BCUT2D eigenvalue weighted by atomic mass is 32.1. The molecule has 8 heteroatoms. The molecule has 2 N–H and O–H groups in total. The van der Waals surface area contributed by atoms with Gasteiger partial charge in [-0.15, -0.1) is 11.3 Å². The maximum Gasteiger partial charge on any atom is 0.269 e. The molecular formula is C19H15N5O2S. The number of rotatable bonds is 5. The smallest absolute Gasteiger partial charge is 0.269 e. The molecule has 134 valence electrons. The normalized spacial score (nSPS) is 10.8. The van der Waals surface area contributed by atoms with Crippen LogP contribution in [0, 0.1) is 0 Å². The van der Waals surface area contributed by atoms with Gasteiger partial charge in [0.2, 0.25) is 0 Å². The molecule has 0 unspecified atom stereocenters. The molecule has 0 saturated carbocycles. The fraction of sp³-hybridized carbons (Fsp3) is 0.105. The molecule has 0 saturated heterocycles. The van der Waals surface area contributed by atoms with Crippen LogP contribution in [-0.4, -0.2) is 32.4 Å². The minimum atomic E-state index is -0.278. The summed E-state index contributed by atoms with van der Waals surface area (Å²) >= 11 is 1.13. The van der Waals surface area contributed by atoms with Gasteiger partial charge in [-0.05, 0) is 36.2 Å². The molecule has 0 aliphatic carbocycles. The number of nitrogens with one attached hydrogen (secondary N) is 2. The lowest BCUT2D eigenvalue weighted by atomic mass is 10.2. The predicted molar refractivity (Wildman–Crippen MR) is 104 cm³/mol. The first-order valence-corrected chi connectivity index (χ1v) is 9.15. The highest BCUT2D eigenvalue weighted by Gasteiger charge is 2.15. The molecule has 4 heterocycles. The zero-order valence-corrected chi connectivity index (χ0v) is 15.0. The van der Waals surface area contributed by atoms with Gasteiger partial charge in [-0.3, -0.25) is 19.6 Å². The Morgan fingerprint density at radius 1 is 1.19 bits per heavy atom. The fourth-order valence-corrected chi connectivity index (χ4v) is 3.54. The zero-order valence-electron chi connectivity index (χ0n) is 14.2. The van der Waals surface area contributed by atoms with E-state index in [1.807, 2.05) is 18.2 Å². The van der Waals surface area contributed by atoms with Crippen LogP contribution in [-0.2, 0) is 6.42 Å². The number of thiophene rings is 1. The molecule has 0 bridgehead atoms. The quantitative estimate of drug-likeness (QED) is 0.556. The van der Waals surface area contributed by atoms with Crippen LogP contribution < -0.4 is 10.9 Å². The summed E-state index contributed by atoms with van der Waals surface area (Å²) in [6.07, 6.45) is 5.80. The van der Waals surface area contributed by atoms with Gasteiger partial charge in [0, 0.05) is 25.1 Å². The highest BCUT2D eigenvalue weighted by molar-refractivity contribution is 7.20. The monoisotopic (exact) mass is 377 g/mol. The number of aromatic nitrogens is 4. The Hall–Kier alpha value is -3.39. The molecule has 0 atom stereocenters. The van der Waals surface area contributed by atoms with Crippen LogP contribution >= 0.6 is 11.3 Å². The van der Waals surface area contributed by atoms with E-state index < -0.39 is 0 Å². The number of amides is 1. The molecule has 27 heavy (non-hydrogen) atoms. The first kappa shape index (κ1) is 17.0. The molecular weight excluding hydrogens is 362 g/mol. The topological polar surface area (TPSA) is 101 Å². The lowest BCUT2D eigenvalue weighted by Gasteiger charge is -2.03. The van der Waals surface area contributed by atoms with Gasteiger partial charge >= 0.3 is 0 Å². The van der Waals surface area contributed by atoms with E-state index in [1.165, 1.54) is 0 Å². The molecule has 0 aliphatic rings. The summed E-state index contributed by atoms with van der Waals surface area (Å²) in [5.74, 6) is 0.162. The lowest BCUT2D eigenvalue weighted by molar-refractivity contribution is 0.0958. The second kappa shape index (κ2) is 7.46. The van der Waals surface area contributed by atoms with Crippen molar-refractivity contribution in [2.75, 3.05) is 6.54 Å². The largest absolute Gasteiger partial charge is 0.351 e. The van der Waals surface area contributed by atoms with Crippen molar-refractivity contribution < 1.29 is 4.79 Å². The summed E-state index contributed by atoms with van der Waals surface area (Å²) in [7, 11) is 0. The predicted octanol–water partition coefficient (Wildman–Crippen LogP) is 2.41. The van der Waals surface area contributed by atoms with Crippen molar-refractivity contribution in [3.8, 4) is 11.5 Å². The highest BCUT2D eigenvalue weighted by Crippen LogP contribution is 2.22. The van der Waals surface area contributed by atoms with E-state index in [-0.39, 0.29) is 11.5 Å². The van der Waals surface area contributed by atoms with Gasteiger partial charge in [-0.25, -0.2) is 4.98 Å². The average Bonchev–Trinajstić information content (AvgIpc) is 3.14. The summed E-state index contributed by atoms with van der Waals surface area (Å²) < 4.78 is 0.423. The Morgan fingerprint density at radius 3 is 2.89 bits per heavy atom. The Balaban J connectivity index is 1.53. The van der Waals surface area contributed by atoms with Gasteiger partial charge in [0.05, 0.1) is 10.4 Å². The molecule has 0 spiro atoms. The van der Waals surface area contributed by atoms with Crippen molar-refractivity contribution in [2.45, 2.75) is 6.42 Å². The van der Waals surface area contributed by atoms with E-state index in [0.29, 0.717) is 39.6 Å². The Kier molecular flexibility index (Phi) is 4.71. The fourth-order valence-electron chi connectivity index (χ4n) is 2.63. The Bertz CT molecular complexity index is 1140. The van der Waals surface area contributed by atoms with Crippen molar-refractivity contribution in [3.63, 3.8) is 0 Å². The Morgan fingerprint density at radius 2 is 2.11 bits per heavy atom. The van der Waals surface area contributed by atoms with Crippen LogP contribution in [0.2, 0.25) is 0 Å². The minimum absolute atomic E-state index is 0.222. The second-order valence-corrected chi connectivity index (χ2v) is 6.87. The van der Waals surface area contributed by atoms with Crippen LogP contribution in [0.3, 0.4) is 0 Å². The molecule has 0 fully saturated rings. The van der Waals surface area contributed by atoms with Crippen LogP contribution in [0.4, 0.5) is 0 Å². The maximum absolute atomic E-state index is 12.4. The number of carbonyl (C=O) groups is 1. The van der Waals surface area contributed by atoms with E-state index in [0.717, 1.165) is 16.9 Å². The summed E-state index contributed by atoms with van der Waals surface area (Å²) in [5.41, 5.74) is 1.83.